The van der Waals surface area contributed by atoms with Crippen molar-refractivity contribution < 1.29 is 4.79 Å². The van der Waals surface area contributed by atoms with Crippen molar-refractivity contribution in [2.45, 2.75) is 38.5 Å². The maximum atomic E-state index is 12.0. The second-order valence-electron chi connectivity index (χ2n) is 6.38. The van der Waals surface area contributed by atoms with E-state index in [1.165, 1.54) is 25.7 Å². The minimum atomic E-state index is 0. The summed E-state index contributed by atoms with van der Waals surface area (Å²) in [5, 5.41) is 6.32. The summed E-state index contributed by atoms with van der Waals surface area (Å²) in [5.74, 6) is 1.82. The van der Waals surface area contributed by atoms with Crippen LogP contribution in [-0.2, 0) is 4.79 Å². The first-order chi connectivity index (χ1) is 10.8. The second kappa shape index (κ2) is 10.7. The van der Waals surface area contributed by atoms with Crippen LogP contribution in [0.2, 0.25) is 0 Å². The monoisotopic (exact) mass is 374 g/mol. The Labute approximate surface area is 156 Å². The molecule has 7 heteroatoms. The lowest BCUT2D eigenvalue weighted by Gasteiger charge is -2.22. The average Bonchev–Trinajstić information content (AvgIpc) is 3.09. The lowest BCUT2D eigenvalue weighted by atomic mass is 9.93. The summed E-state index contributed by atoms with van der Waals surface area (Å²) < 4.78 is 0. The molecule has 3 heterocycles. The molecule has 0 unspecified atom stereocenters. The van der Waals surface area contributed by atoms with Crippen molar-refractivity contribution >= 4 is 42.2 Å². The van der Waals surface area contributed by atoms with Crippen LogP contribution in [0.5, 0.6) is 0 Å². The van der Waals surface area contributed by atoms with Crippen molar-refractivity contribution in [2.24, 2.45) is 5.92 Å². The molecular formula is C17H28Cl2N4O. The van der Waals surface area contributed by atoms with E-state index in [1.54, 1.807) is 6.20 Å². The van der Waals surface area contributed by atoms with E-state index >= 15 is 0 Å². The molecule has 2 fully saturated rings. The Morgan fingerprint density at radius 2 is 1.92 bits per heavy atom. The van der Waals surface area contributed by atoms with Crippen molar-refractivity contribution in [2.75, 3.05) is 36.4 Å². The highest BCUT2D eigenvalue weighted by Crippen LogP contribution is 2.20. The van der Waals surface area contributed by atoms with Crippen molar-refractivity contribution in [3.05, 3.63) is 18.3 Å². The van der Waals surface area contributed by atoms with Gasteiger partial charge in [0.05, 0.1) is 11.9 Å². The van der Waals surface area contributed by atoms with Crippen LogP contribution in [0.15, 0.2) is 18.3 Å². The lowest BCUT2D eigenvalue weighted by molar-refractivity contribution is -0.116. The molecule has 24 heavy (non-hydrogen) atoms. The molecule has 0 bridgehead atoms. The Bertz CT molecular complexity index is 486. The number of nitrogens with zero attached hydrogens (tertiary/aromatic N) is 2. The summed E-state index contributed by atoms with van der Waals surface area (Å²) in [6, 6.07) is 3.97. The molecule has 2 N–H and O–H groups in total. The molecule has 2 aliphatic rings. The second-order valence-corrected chi connectivity index (χ2v) is 6.38. The number of anilines is 2. The topological polar surface area (TPSA) is 57.3 Å². The number of amides is 1. The van der Waals surface area contributed by atoms with Crippen LogP contribution in [-0.4, -0.2) is 37.1 Å². The van der Waals surface area contributed by atoms with Crippen LogP contribution in [0.3, 0.4) is 0 Å². The third-order valence-corrected chi connectivity index (χ3v) is 4.70. The molecule has 5 nitrogen and oxygen atoms in total. The fourth-order valence-electron chi connectivity index (χ4n) is 3.32. The van der Waals surface area contributed by atoms with Crippen LogP contribution in [0, 0.1) is 5.92 Å². The number of pyridine rings is 1. The summed E-state index contributed by atoms with van der Waals surface area (Å²) >= 11 is 0. The van der Waals surface area contributed by atoms with E-state index in [2.05, 4.69) is 20.5 Å². The number of aromatic nitrogens is 1. The van der Waals surface area contributed by atoms with Crippen LogP contribution in [0.25, 0.3) is 0 Å². The van der Waals surface area contributed by atoms with Crippen molar-refractivity contribution in [3.8, 4) is 0 Å². The quantitative estimate of drug-likeness (QED) is 0.830. The van der Waals surface area contributed by atoms with Gasteiger partial charge in [0.2, 0.25) is 5.91 Å². The number of piperidine rings is 1. The third-order valence-electron chi connectivity index (χ3n) is 4.70. The molecule has 0 spiro atoms. The average molecular weight is 375 g/mol. The van der Waals surface area contributed by atoms with Crippen molar-refractivity contribution in [3.63, 3.8) is 0 Å². The molecule has 1 amide bonds. The van der Waals surface area contributed by atoms with Gasteiger partial charge >= 0.3 is 0 Å². The summed E-state index contributed by atoms with van der Waals surface area (Å²) in [7, 11) is 0. The van der Waals surface area contributed by atoms with E-state index in [9.17, 15) is 4.79 Å². The number of carbonyl (C=O) groups excluding carboxylic acids is 1. The molecule has 1 aromatic rings. The van der Waals surface area contributed by atoms with Gasteiger partial charge in [0, 0.05) is 19.5 Å². The zero-order chi connectivity index (χ0) is 15.2. The molecule has 0 aliphatic carbocycles. The highest BCUT2D eigenvalue weighted by Gasteiger charge is 2.15. The van der Waals surface area contributed by atoms with Crippen molar-refractivity contribution in [1.29, 1.82) is 0 Å². The highest BCUT2D eigenvalue weighted by atomic mass is 35.5. The van der Waals surface area contributed by atoms with Crippen molar-refractivity contribution in [1.82, 2.24) is 10.3 Å². The third kappa shape index (κ3) is 6.11. The first-order valence-corrected chi connectivity index (χ1v) is 8.53. The predicted molar refractivity (Wildman–Crippen MR) is 104 cm³/mol. The van der Waals surface area contributed by atoms with Gasteiger partial charge in [0.25, 0.3) is 0 Å². The molecule has 2 saturated heterocycles. The van der Waals surface area contributed by atoms with Crippen LogP contribution in [0.1, 0.15) is 38.5 Å². The molecule has 2 aliphatic heterocycles. The summed E-state index contributed by atoms with van der Waals surface area (Å²) in [4.78, 5) is 18.8. The zero-order valence-corrected chi connectivity index (χ0v) is 15.6. The van der Waals surface area contributed by atoms with E-state index in [0.29, 0.717) is 12.3 Å². The normalized spacial score (nSPS) is 17.8. The molecular weight excluding hydrogens is 347 g/mol. The maximum Gasteiger partial charge on any atom is 0.224 e. The van der Waals surface area contributed by atoms with E-state index in [1.807, 2.05) is 12.1 Å². The number of hydrogen-bond acceptors (Lipinski definition) is 4. The Balaban J connectivity index is 0.00000144. The Morgan fingerprint density at radius 1 is 1.21 bits per heavy atom. The smallest absolute Gasteiger partial charge is 0.224 e. The highest BCUT2D eigenvalue weighted by molar-refractivity contribution is 5.90. The van der Waals surface area contributed by atoms with Gasteiger partial charge in [0.1, 0.15) is 5.82 Å². The number of nitrogens with one attached hydrogen (secondary N) is 2. The lowest BCUT2D eigenvalue weighted by Crippen LogP contribution is -2.28. The fourth-order valence-corrected chi connectivity index (χ4v) is 3.32. The van der Waals surface area contributed by atoms with E-state index in [-0.39, 0.29) is 30.7 Å². The van der Waals surface area contributed by atoms with E-state index < -0.39 is 0 Å². The molecule has 0 radical (unpaired) electrons. The summed E-state index contributed by atoms with van der Waals surface area (Å²) in [5.41, 5.74) is 0.804. The van der Waals surface area contributed by atoms with Gasteiger partial charge in [-0.1, -0.05) is 0 Å². The zero-order valence-electron chi connectivity index (χ0n) is 14.0. The Hall–Kier alpha value is -1.04. The van der Waals surface area contributed by atoms with Crippen LogP contribution >= 0.6 is 24.8 Å². The predicted octanol–water partition coefficient (Wildman–Crippen LogP) is 3.24. The van der Waals surface area contributed by atoms with Gasteiger partial charge in [-0.15, -0.1) is 24.8 Å². The van der Waals surface area contributed by atoms with E-state index in [0.717, 1.165) is 44.1 Å². The minimum absolute atomic E-state index is 0. The van der Waals surface area contributed by atoms with Gasteiger partial charge in [-0.3, -0.25) is 4.79 Å². The van der Waals surface area contributed by atoms with Gasteiger partial charge in [-0.25, -0.2) is 4.98 Å². The van der Waals surface area contributed by atoms with Gasteiger partial charge in [0.15, 0.2) is 0 Å². The van der Waals surface area contributed by atoms with Gasteiger partial charge in [-0.05, 0) is 63.2 Å². The van der Waals surface area contributed by atoms with Gasteiger partial charge in [-0.2, -0.15) is 0 Å². The fraction of sp³-hybridized carbons (Fsp3) is 0.647. The number of halogens is 2. The van der Waals surface area contributed by atoms with Crippen LogP contribution in [0.4, 0.5) is 11.5 Å². The molecule has 0 aromatic carbocycles. The van der Waals surface area contributed by atoms with E-state index in [4.69, 9.17) is 0 Å². The Morgan fingerprint density at radius 3 is 2.54 bits per heavy atom. The largest absolute Gasteiger partial charge is 0.357 e. The molecule has 3 rings (SSSR count). The SMILES string of the molecule is Cl.Cl.O=C(CCC1CCNCC1)Nc1ccc(N2CCCC2)nc1. The maximum absolute atomic E-state index is 12.0. The first kappa shape index (κ1) is 21.0. The molecule has 0 atom stereocenters. The molecule has 1 aromatic heterocycles. The Kier molecular flexibility index (Phi) is 9.41. The molecule has 136 valence electrons. The number of rotatable bonds is 5. The minimum Gasteiger partial charge on any atom is -0.357 e. The van der Waals surface area contributed by atoms with Gasteiger partial charge < -0.3 is 15.5 Å². The summed E-state index contributed by atoms with van der Waals surface area (Å²) in [6.45, 7) is 4.37. The standard InChI is InChI=1S/C17H26N4O.2ClH/c22-17(6-3-14-7-9-18-10-8-14)20-15-4-5-16(19-13-15)21-11-1-2-12-21;;/h4-5,13-14,18H,1-3,6-12H2,(H,20,22);2*1H. The first-order valence-electron chi connectivity index (χ1n) is 8.53. The summed E-state index contributed by atoms with van der Waals surface area (Å²) in [6.07, 6.45) is 8.26. The number of carbonyl (C=O) groups is 1. The molecule has 0 saturated carbocycles. The number of hydrogen-bond donors (Lipinski definition) is 2. The van der Waals surface area contributed by atoms with Crippen LogP contribution < -0.4 is 15.5 Å².